The van der Waals surface area contributed by atoms with E-state index in [9.17, 15) is 15.0 Å². The molecule has 4 rings (SSSR count). The molecule has 0 fully saturated rings. The smallest absolute Gasteiger partial charge is 0.227 e. The highest BCUT2D eigenvalue weighted by Crippen LogP contribution is 2.42. The van der Waals surface area contributed by atoms with Crippen LogP contribution in [0.1, 0.15) is 16.7 Å². The second-order valence-electron chi connectivity index (χ2n) is 6.96. The van der Waals surface area contributed by atoms with Crippen LogP contribution in [0, 0.1) is 0 Å². The van der Waals surface area contributed by atoms with E-state index in [0.717, 1.165) is 12.0 Å². The topological polar surface area (TPSA) is 60.8 Å². The van der Waals surface area contributed by atoms with Gasteiger partial charge in [-0.15, -0.1) is 0 Å². The Labute approximate surface area is 172 Å². The number of phenolic OH excluding ortho intramolecular Hbond substituents is 2. The van der Waals surface area contributed by atoms with Gasteiger partial charge in [0.1, 0.15) is 11.5 Å². The highest BCUT2D eigenvalue weighted by Gasteiger charge is 2.25. The van der Waals surface area contributed by atoms with Crippen molar-refractivity contribution in [3.8, 4) is 22.6 Å². The van der Waals surface area contributed by atoms with Crippen LogP contribution in [0.4, 0.5) is 0 Å². The number of rotatable bonds is 3. The predicted molar refractivity (Wildman–Crippen MR) is 112 cm³/mol. The van der Waals surface area contributed by atoms with E-state index in [-0.39, 0.29) is 23.8 Å². The number of fused-ring (bicyclic) bond motifs is 1. The zero-order chi connectivity index (χ0) is 19.7. The van der Waals surface area contributed by atoms with Crippen molar-refractivity contribution >= 4 is 21.8 Å². The Kier molecular flexibility index (Phi) is 5.09. The van der Waals surface area contributed by atoms with E-state index in [0.29, 0.717) is 28.7 Å². The molecule has 1 heterocycles. The largest absolute Gasteiger partial charge is 0.507 e. The van der Waals surface area contributed by atoms with Crippen LogP contribution < -0.4 is 0 Å². The number of carbonyl (C=O) groups excluding carboxylic acids is 1. The number of amides is 1. The Morgan fingerprint density at radius 1 is 0.964 bits per heavy atom. The third kappa shape index (κ3) is 3.50. The molecule has 0 unspecified atom stereocenters. The average molecular weight is 438 g/mol. The normalized spacial score (nSPS) is 13.2. The van der Waals surface area contributed by atoms with E-state index in [1.54, 1.807) is 0 Å². The van der Waals surface area contributed by atoms with E-state index in [1.165, 1.54) is 17.2 Å². The zero-order valence-electron chi connectivity index (χ0n) is 15.2. The summed E-state index contributed by atoms with van der Waals surface area (Å²) in [7, 11) is 0. The minimum absolute atomic E-state index is 0.0302. The molecule has 142 valence electrons. The van der Waals surface area contributed by atoms with Gasteiger partial charge in [-0.05, 0) is 44.6 Å². The third-order valence-electron chi connectivity index (χ3n) is 5.20. The molecule has 4 nitrogen and oxygen atoms in total. The maximum atomic E-state index is 13.1. The van der Waals surface area contributed by atoms with Crippen LogP contribution in [0.15, 0.2) is 65.1 Å². The van der Waals surface area contributed by atoms with Crippen molar-refractivity contribution in [1.82, 2.24) is 4.90 Å². The Morgan fingerprint density at radius 3 is 2.39 bits per heavy atom. The van der Waals surface area contributed by atoms with Gasteiger partial charge in [-0.3, -0.25) is 4.79 Å². The Morgan fingerprint density at radius 2 is 1.64 bits per heavy atom. The molecule has 0 saturated carbocycles. The molecule has 3 aromatic carbocycles. The van der Waals surface area contributed by atoms with Crippen LogP contribution in [0.5, 0.6) is 11.5 Å². The molecule has 0 aromatic heterocycles. The summed E-state index contributed by atoms with van der Waals surface area (Å²) in [6.07, 6.45) is 0.925. The molecule has 0 aliphatic carbocycles. The highest BCUT2D eigenvalue weighted by molar-refractivity contribution is 9.10. The maximum absolute atomic E-state index is 13.1. The van der Waals surface area contributed by atoms with Crippen molar-refractivity contribution < 1.29 is 15.0 Å². The fourth-order valence-electron chi connectivity index (χ4n) is 3.75. The lowest BCUT2D eigenvalue weighted by Gasteiger charge is -2.29. The lowest BCUT2D eigenvalue weighted by molar-refractivity contribution is -0.131. The summed E-state index contributed by atoms with van der Waals surface area (Å²) in [5.41, 5.74) is 4.41. The summed E-state index contributed by atoms with van der Waals surface area (Å²) >= 11 is 3.41. The molecule has 0 saturated heterocycles. The first-order valence-corrected chi connectivity index (χ1v) is 9.97. The first-order chi connectivity index (χ1) is 13.5. The molecule has 1 amide bonds. The second-order valence-corrected chi connectivity index (χ2v) is 7.75. The van der Waals surface area contributed by atoms with E-state index >= 15 is 0 Å². The van der Waals surface area contributed by atoms with Crippen molar-refractivity contribution in [2.75, 3.05) is 6.54 Å². The minimum Gasteiger partial charge on any atom is -0.507 e. The van der Waals surface area contributed by atoms with Gasteiger partial charge in [0.2, 0.25) is 5.91 Å². The van der Waals surface area contributed by atoms with Crippen molar-refractivity contribution in [3.63, 3.8) is 0 Å². The van der Waals surface area contributed by atoms with Gasteiger partial charge in [0.25, 0.3) is 0 Å². The van der Waals surface area contributed by atoms with Crippen molar-refractivity contribution in [2.24, 2.45) is 0 Å². The summed E-state index contributed by atoms with van der Waals surface area (Å²) in [6, 6.07) is 18.9. The van der Waals surface area contributed by atoms with E-state index < -0.39 is 0 Å². The molecular formula is C23H20BrNO3. The fourth-order valence-corrected chi connectivity index (χ4v) is 4.20. The zero-order valence-corrected chi connectivity index (χ0v) is 16.8. The van der Waals surface area contributed by atoms with Gasteiger partial charge in [-0.2, -0.15) is 0 Å². The quantitative estimate of drug-likeness (QED) is 0.626. The van der Waals surface area contributed by atoms with Crippen LogP contribution in [0.3, 0.4) is 0 Å². The molecule has 1 aliphatic heterocycles. The SMILES string of the molecule is O=C(Cc1c(Br)c(O)cc(O)c1-c1ccccc1)N1CCc2ccccc2C1. The number of phenols is 2. The molecule has 5 heteroatoms. The van der Waals surface area contributed by atoms with Gasteiger partial charge >= 0.3 is 0 Å². The molecule has 1 aliphatic rings. The highest BCUT2D eigenvalue weighted by atomic mass is 79.9. The molecule has 2 N–H and O–H groups in total. The Balaban J connectivity index is 1.67. The third-order valence-corrected chi connectivity index (χ3v) is 6.08. The fraction of sp³-hybridized carbons (Fsp3) is 0.174. The number of nitrogens with zero attached hydrogens (tertiary/aromatic N) is 1. The van der Waals surface area contributed by atoms with Crippen LogP contribution in [-0.2, 0) is 24.2 Å². The number of carbonyl (C=O) groups is 1. The van der Waals surface area contributed by atoms with Crippen molar-refractivity contribution in [1.29, 1.82) is 0 Å². The number of halogens is 1. The van der Waals surface area contributed by atoms with Gasteiger partial charge in [-0.1, -0.05) is 54.6 Å². The summed E-state index contributed by atoms with van der Waals surface area (Å²) < 4.78 is 0.440. The van der Waals surface area contributed by atoms with E-state index in [1.807, 2.05) is 47.4 Å². The monoisotopic (exact) mass is 437 g/mol. The number of hydrogen-bond acceptors (Lipinski definition) is 3. The van der Waals surface area contributed by atoms with E-state index in [4.69, 9.17) is 0 Å². The molecule has 0 bridgehead atoms. The Bertz CT molecular complexity index is 1030. The molecule has 3 aromatic rings. The summed E-state index contributed by atoms with van der Waals surface area (Å²) in [5, 5.41) is 20.7. The number of hydrogen-bond donors (Lipinski definition) is 2. The number of benzene rings is 3. The van der Waals surface area contributed by atoms with E-state index in [2.05, 4.69) is 28.1 Å². The first kappa shape index (κ1) is 18.6. The molecule has 0 radical (unpaired) electrons. The standard InChI is InChI=1S/C23H20BrNO3/c24-23-18(22(19(26)13-20(23)27)16-7-2-1-3-8-16)12-21(28)25-11-10-15-6-4-5-9-17(15)14-25/h1-9,13,26-27H,10-12,14H2. The minimum atomic E-state index is -0.0797. The van der Waals surface area contributed by atoms with Crippen molar-refractivity contribution in [2.45, 2.75) is 19.4 Å². The van der Waals surface area contributed by atoms with Crippen LogP contribution in [-0.4, -0.2) is 27.6 Å². The summed E-state index contributed by atoms with van der Waals surface area (Å²) in [5.74, 6) is -0.153. The van der Waals surface area contributed by atoms with Gasteiger partial charge in [0, 0.05) is 24.7 Å². The molecule has 28 heavy (non-hydrogen) atoms. The Hall–Kier alpha value is -2.79. The maximum Gasteiger partial charge on any atom is 0.227 e. The summed E-state index contributed by atoms with van der Waals surface area (Å²) in [4.78, 5) is 14.9. The molecule has 0 atom stereocenters. The first-order valence-electron chi connectivity index (χ1n) is 9.18. The average Bonchev–Trinajstić information content (AvgIpc) is 2.72. The lowest BCUT2D eigenvalue weighted by atomic mass is 9.95. The van der Waals surface area contributed by atoms with Crippen molar-refractivity contribution in [3.05, 3.63) is 81.8 Å². The lowest BCUT2D eigenvalue weighted by Crippen LogP contribution is -2.37. The molecule has 0 spiro atoms. The van der Waals surface area contributed by atoms with Crippen LogP contribution >= 0.6 is 15.9 Å². The predicted octanol–water partition coefficient (Wildman–Crippen LogP) is 4.65. The van der Waals surface area contributed by atoms with Gasteiger partial charge in [-0.25, -0.2) is 0 Å². The summed E-state index contributed by atoms with van der Waals surface area (Å²) in [6.45, 7) is 1.25. The van der Waals surface area contributed by atoms with Crippen LogP contribution in [0.2, 0.25) is 0 Å². The van der Waals surface area contributed by atoms with Gasteiger partial charge in [0.05, 0.1) is 10.9 Å². The number of aromatic hydroxyl groups is 2. The van der Waals surface area contributed by atoms with Gasteiger partial charge in [0.15, 0.2) is 0 Å². The van der Waals surface area contributed by atoms with Crippen LogP contribution in [0.25, 0.3) is 11.1 Å². The second kappa shape index (κ2) is 7.68. The van der Waals surface area contributed by atoms with Gasteiger partial charge < -0.3 is 15.1 Å². The molecular weight excluding hydrogens is 418 g/mol.